The lowest BCUT2D eigenvalue weighted by Crippen LogP contribution is -2.42. The molecule has 1 fully saturated rings. The van der Waals surface area contributed by atoms with Crippen LogP contribution in [0.5, 0.6) is 0 Å². The molecule has 0 unspecified atom stereocenters. The normalized spacial score (nSPS) is 17.3. The Morgan fingerprint density at radius 1 is 1.32 bits per heavy atom. The van der Waals surface area contributed by atoms with Crippen LogP contribution in [0.2, 0.25) is 0 Å². The number of hydrogen-bond donors (Lipinski definition) is 1. The summed E-state index contributed by atoms with van der Waals surface area (Å²) in [6.07, 6.45) is 2.29. The molecular formula is C16H17BrN6O2. The maximum atomic E-state index is 11.9. The number of carbonyl (C=O) groups is 1. The predicted octanol–water partition coefficient (Wildman–Crippen LogP) is 1.52. The minimum absolute atomic E-state index is 0.180. The van der Waals surface area contributed by atoms with E-state index >= 15 is 0 Å². The summed E-state index contributed by atoms with van der Waals surface area (Å²) >= 11 is 3.40. The van der Waals surface area contributed by atoms with Crippen LogP contribution >= 0.6 is 15.9 Å². The highest BCUT2D eigenvalue weighted by molar-refractivity contribution is 9.10. The molecule has 0 saturated carbocycles. The largest absolute Gasteiger partial charge is 0.384 e. The number of amides is 1. The average Bonchev–Trinajstić information content (AvgIpc) is 3.05. The Balaban J connectivity index is 1.69. The van der Waals surface area contributed by atoms with Crippen molar-refractivity contribution in [1.82, 2.24) is 29.5 Å². The molecule has 3 aromatic heterocycles. The van der Waals surface area contributed by atoms with Gasteiger partial charge in [0.05, 0.1) is 6.20 Å². The highest BCUT2D eigenvalue weighted by atomic mass is 79.9. The van der Waals surface area contributed by atoms with E-state index in [4.69, 9.17) is 0 Å². The number of aliphatic hydroxyl groups is 1. The van der Waals surface area contributed by atoms with Crippen molar-refractivity contribution in [2.75, 3.05) is 13.1 Å². The van der Waals surface area contributed by atoms with E-state index in [0.717, 1.165) is 34.4 Å². The van der Waals surface area contributed by atoms with Crippen LogP contribution in [0, 0.1) is 0 Å². The first kappa shape index (κ1) is 16.3. The second kappa shape index (κ2) is 6.30. The number of piperidine rings is 1. The number of carbonyl (C=O) groups excluding carboxylic acids is 1. The summed E-state index contributed by atoms with van der Waals surface area (Å²) in [6.45, 7) is 2.70. The molecule has 0 radical (unpaired) electrons. The van der Waals surface area contributed by atoms with E-state index in [1.807, 2.05) is 16.5 Å². The fraction of sp³-hybridized carbons (Fsp3) is 0.438. The maximum Gasteiger partial charge on any atom is 0.251 e. The molecule has 4 heterocycles. The molecule has 4 rings (SSSR count). The second-order valence-corrected chi connectivity index (χ2v) is 7.07. The number of halogens is 1. The van der Waals surface area contributed by atoms with Gasteiger partial charge in [-0.05, 0) is 47.8 Å². The molecule has 1 amide bonds. The van der Waals surface area contributed by atoms with Crippen LogP contribution in [0.15, 0.2) is 22.9 Å². The first-order valence-electron chi connectivity index (χ1n) is 8.17. The number of nitrogens with zero attached hydrogens (tertiary/aromatic N) is 6. The summed E-state index contributed by atoms with van der Waals surface area (Å²) in [6, 6.07) is 3.75. The van der Waals surface area contributed by atoms with E-state index in [-0.39, 0.29) is 11.8 Å². The number of hydrogen-bond acceptors (Lipinski definition) is 6. The number of aromatic nitrogens is 5. The molecule has 9 heteroatoms. The lowest BCUT2D eigenvalue weighted by Gasteiger charge is -2.32. The van der Waals surface area contributed by atoms with Gasteiger partial charge in [-0.25, -0.2) is 9.97 Å². The van der Waals surface area contributed by atoms with Crippen LogP contribution in [0.3, 0.4) is 0 Å². The van der Waals surface area contributed by atoms with Crippen LogP contribution in [0.25, 0.3) is 16.8 Å². The molecule has 1 aliphatic heterocycles. The van der Waals surface area contributed by atoms with E-state index in [0.29, 0.717) is 18.7 Å². The highest BCUT2D eigenvalue weighted by Crippen LogP contribution is 2.29. The van der Waals surface area contributed by atoms with Crippen molar-refractivity contribution in [2.45, 2.75) is 31.8 Å². The zero-order valence-electron chi connectivity index (χ0n) is 13.6. The third kappa shape index (κ3) is 2.87. The van der Waals surface area contributed by atoms with E-state index in [9.17, 15) is 9.90 Å². The maximum absolute atomic E-state index is 11.9. The molecule has 0 aliphatic carbocycles. The molecule has 130 valence electrons. The van der Waals surface area contributed by atoms with Crippen molar-refractivity contribution in [2.24, 2.45) is 0 Å². The average molecular weight is 405 g/mol. The first-order valence-corrected chi connectivity index (χ1v) is 8.97. The molecule has 3 aromatic rings. The van der Waals surface area contributed by atoms with Gasteiger partial charge in [0.2, 0.25) is 0 Å². The standard InChI is InChI=1S/C16H17BrN6O2/c1-9(24)16(25)22-6-4-10(5-7-22)14-21-20-13-8-18-11-2-3-12(17)19-15(11)23(13)14/h2-3,8-10,24H,4-7H2,1H3/t9-/m0/s1. The van der Waals surface area contributed by atoms with Crippen molar-refractivity contribution in [3.05, 3.63) is 28.8 Å². The fourth-order valence-corrected chi connectivity index (χ4v) is 3.61. The smallest absolute Gasteiger partial charge is 0.251 e. The number of pyridine rings is 1. The molecule has 1 aliphatic rings. The van der Waals surface area contributed by atoms with E-state index < -0.39 is 6.10 Å². The Labute approximate surface area is 152 Å². The van der Waals surface area contributed by atoms with Crippen LogP contribution in [-0.4, -0.2) is 59.7 Å². The number of likely N-dealkylation sites (tertiary alicyclic amines) is 1. The third-order valence-electron chi connectivity index (χ3n) is 4.59. The van der Waals surface area contributed by atoms with Gasteiger partial charge in [0.15, 0.2) is 11.3 Å². The van der Waals surface area contributed by atoms with Crippen LogP contribution in [-0.2, 0) is 4.79 Å². The predicted molar refractivity (Wildman–Crippen MR) is 94.0 cm³/mol. The molecule has 1 atom stereocenters. The number of rotatable bonds is 2. The van der Waals surface area contributed by atoms with Gasteiger partial charge in [-0.1, -0.05) is 0 Å². The Morgan fingerprint density at radius 3 is 2.80 bits per heavy atom. The summed E-state index contributed by atoms with van der Waals surface area (Å²) in [4.78, 5) is 22.6. The van der Waals surface area contributed by atoms with Gasteiger partial charge in [-0.3, -0.25) is 9.20 Å². The monoisotopic (exact) mass is 404 g/mol. The molecular weight excluding hydrogens is 388 g/mol. The van der Waals surface area contributed by atoms with Crippen LogP contribution in [0.1, 0.15) is 31.5 Å². The van der Waals surface area contributed by atoms with E-state index in [1.54, 1.807) is 11.1 Å². The van der Waals surface area contributed by atoms with Crippen molar-refractivity contribution >= 4 is 38.6 Å². The summed E-state index contributed by atoms with van der Waals surface area (Å²) in [7, 11) is 0. The molecule has 1 saturated heterocycles. The Bertz CT molecular complexity index is 948. The number of fused-ring (bicyclic) bond motifs is 3. The van der Waals surface area contributed by atoms with E-state index in [2.05, 4.69) is 36.1 Å². The summed E-state index contributed by atoms with van der Waals surface area (Å²) in [5.74, 6) is 0.807. The number of aliphatic hydroxyl groups excluding tert-OH is 1. The topological polar surface area (TPSA) is 96.5 Å². The minimum atomic E-state index is -0.956. The van der Waals surface area contributed by atoms with Gasteiger partial charge < -0.3 is 10.0 Å². The second-order valence-electron chi connectivity index (χ2n) is 6.26. The third-order valence-corrected chi connectivity index (χ3v) is 5.04. The molecule has 1 N–H and O–H groups in total. The Kier molecular flexibility index (Phi) is 4.12. The summed E-state index contributed by atoms with van der Waals surface area (Å²) in [5, 5.41) is 18.1. The molecule has 0 bridgehead atoms. The van der Waals surface area contributed by atoms with Gasteiger partial charge >= 0.3 is 0 Å². The zero-order valence-corrected chi connectivity index (χ0v) is 15.2. The van der Waals surface area contributed by atoms with Crippen molar-refractivity contribution in [3.63, 3.8) is 0 Å². The summed E-state index contributed by atoms with van der Waals surface area (Å²) < 4.78 is 2.68. The van der Waals surface area contributed by atoms with Crippen molar-refractivity contribution in [1.29, 1.82) is 0 Å². The van der Waals surface area contributed by atoms with Gasteiger partial charge in [-0.15, -0.1) is 10.2 Å². The van der Waals surface area contributed by atoms with Gasteiger partial charge in [-0.2, -0.15) is 0 Å². The first-order chi connectivity index (χ1) is 12.0. The molecule has 0 spiro atoms. The molecule has 0 aromatic carbocycles. The van der Waals surface area contributed by atoms with Gasteiger partial charge in [0.25, 0.3) is 5.91 Å². The lowest BCUT2D eigenvalue weighted by atomic mass is 9.95. The summed E-state index contributed by atoms with van der Waals surface area (Å²) in [5.41, 5.74) is 2.16. The van der Waals surface area contributed by atoms with Gasteiger partial charge in [0.1, 0.15) is 22.0 Å². The van der Waals surface area contributed by atoms with E-state index in [1.165, 1.54) is 6.92 Å². The van der Waals surface area contributed by atoms with Crippen molar-refractivity contribution in [3.8, 4) is 0 Å². The Hall–Kier alpha value is -2.13. The Morgan fingerprint density at radius 2 is 2.08 bits per heavy atom. The zero-order chi connectivity index (χ0) is 17.6. The van der Waals surface area contributed by atoms with Crippen LogP contribution < -0.4 is 0 Å². The quantitative estimate of drug-likeness (QED) is 0.650. The van der Waals surface area contributed by atoms with Crippen LogP contribution in [0.4, 0.5) is 0 Å². The fourth-order valence-electron chi connectivity index (χ4n) is 3.31. The molecule has 25 heavy (non-hydrogen) atoms. The van der Waals surface area contributed by atoms with Crippen molar-refractivity contribution < 1.29 is 9.90 Å². The van der Waals surface area contributed by atoms with Gasteiger partial charge in [0, 0.05) is 19.0 Å². The highest BCUT2D eigenvalue weighted by Gasteiger charge is 2.29. The lowest BCUT2D eigenvalue weighted by molar-refractivity contribution is -0.140. The minimum Gasteiger partial charge on any atom is -0.384 e. The molecule has 8 nitrogen and oxygen atoms in total. The SMILES string of the molecule is C[C@H](O)C(=O)N1CCC(c2nnc3cnc4ccc(Br)nc4n23)CC1.